The number of anilines is 1. The molecule has 0 saturated heterocycles. The van der Waals surface area contributed by atoms with Crippen LogP contribution in [0.4, 0.5) is 5.69 Å². The van der Waals surface area contributed by atoms with Gasteiger partial charge in [0.25, 0.3) is 0 Å². The first kappa shape index (κ1) is 11.0. The third kappa shape index (κ3) is 1.91. The Bertz CT molecular complexity index is 556. The third-order valence-electron chi connectivity index (χ3n) is 3.87. The number of nitriles is 1. The van der Waals surface area contributed by atoms with Gasteiger partial charge in [-0.2, -0.15) is 5.26 Å². The van der Waals surface area contributed by atoms with E-state index in [4.69, 9.17) is 5.26 Å². The van der Waals surface area contributed by atoms with Crippen molar-refractivity contribution in [3.8, 4) is 6.07 Å². The highest BCUT2D eigenvalue weighted by Crippen LogP contribution is 2.43. The van der Waals surface area contributed by atoms with Crippen LogP contribution in [0.25, 0.3) is 0 Å². The highest BCUT2D eigenvalue weighted by Gasteiger charge is 2.39. The van der Waals surface area contributed by atoms with Crippen LogP contribution >= 0.6 is 0 Å². The molecular formula is C15H14N2O. The van der Waals surface area contributed by atoms with Crippen LogP contribution in [-0.4, -0.2) is 5.91 Å². The van der Waals surface area contributed by atoms with Crippen molar-refractivity contribution in [3.05, 3.63) is 42.0 Å². The number of carbonyl (C=O) groups is 1. The number of carbonyl (C=O) groups excluding carboxylic acids is 1. The van der Waals surface area contributed by atoms with E-state index in [-0.39, 0.29) is 11.8 Å². The van der Waals surface area contributed by atoms with E-state index >= 15 is 0 Å². The maximum Gasteiger partial charge on any atom is 0.228 e. The molecule has 0 unspecified atom stereocenters. The van der Waals surface area contributed by atoms with E-state index in [1.807, 2.05) is 6.07 Å². The van der Waals surface area contributed by atoms with Crippen molar-refractivity contribution in [2.24, 2.45) is 17.8 Å². The Morgan fingerprint density at radius 1 is 1.33 bits per heavy atom. The fourth-order valence-corrected chi connectivity index (χ4v) is 2.98. The zero-order valence-electron chi connectivity index (χ0n) is 9.97. The predicted octanol–water partition coefficient (Wildman–Crippen LogP) is 2.71. The van der Waals surface area contributed by atoms with Gasteiger partial charge in [0.2, 0.25) is 5.91 Å². The average molecular weight is 238 g/mol. The van der Waals surface area contributed by atoms with Crippen LogP contribution in [-0.2, 0) is 4.79 Å². The van der Waals surface area contributed by atoms with E-state index in [0.29, 0.717) is 23.1 Å². The minimum Gasteiger partial charge on any atom is -0.326 e. The zero-order chi connectivity index (χ0) is 12.5. The number of amides is 1. The Labute approximate surface area is 106 Å². The molecule has 1 amide bonds. The summed E-state index contributed by atoms with van der Waals surface area (Å²) in [6.45, 7) is 0. The van der Waals surface area contributed by atoms with Crippen molar-refractivity contribution in [1.29, 1.82) is 5.26 Å². The van der Waals surface area contributed by atoms with Crippen LogP contribution in [0.5, 0.6) is 0 Å². The van der Waals surface area contributed by atoms with Gasteiger partial charge in [-0.25, -0.2) is 0 Å². The minimum atomic E-state index is 0.0851. The van der Waals surface area contributed by atoms with Crippen LogP contribution in [0.1, 0.15) is 18.4 Å². The smallest absolute Gasteiger partial charge is 0.228 e. The molecule has 2 aliphatic carbocycles. The zero-order valence-corrected chi connectivity index (χ0v) is 9.97. The van der Waals surface area contributed by atoms with E-state index in [2.05, 4.69) is 23.5 Å². The Morgan fingerprint density at radius 3 is 2.89 bits per heavy atom. The summed E-state index contributed by atoms with van der Waals surface area (Å²) in [7, 11) is 0. The average Bonchev–Trinajstić information content (AvgIpc) is 3.01. The second-order valence-electron chi connectivity index (χ2n) is 5.07. The molecule has 1 fully saturated rings. The molecule has 0 heterocycles. The van der Waals surface area contributed by atoms with Gasteiger partial charge in [-0.1, -0.05) is 18.2 Å². The van der Waals surface area contributed by atoms with Gasteiger partial charge in [-0.3, -0.25) is 4.79 Å². The van der Waals surface area contributed by atoms with Gasteiger partial charge in [-0.05, 0) is 42.9 Å². The Balaban J connectivity index is 1.71. The Morgan fingerprint density at radius 2 is 2.22 bits per heavy atom. The molecule has 1 aromatic carbocycles. The van der Waals surface area contributed by atoms with Gasteiger partial charge in [0, 0.05) is 11.6 Å². The van der Waals surface area contributed by atoms with E-state index in [9.17, 15) is 4.79 Å². The molecule has 0 aliphatic heterocycles. The van der Waals surface area contributed by atoms with Crippen LogP contribution in [0, 0.1) is 29.1 Å². The van der Waals surface area contributed by atoms with Gasteiger partial charge in [0.15, 0.2) is 0 Å². The molecule has 3 nitrogen and oxygen atoms in total. The van der Waals surface area contributed by atoms with Crippen molar-refractivity contribution >= 4 is 11.6 Å². The molecule has 0 aromatic heterocycles. The molecule has 90 valence electrons. The first-order valence-corrected chi connectivity index (χ1v) is 6.25. The lowest BCUT2D eigenvalue weighted by Gasteiger charge is -2.17. The number of rotatable bonds is 2. The van der Waals surface area contributed by atoms with Gasteiger partial charge < -0.3 is 5.32 Å². The number of nitrogens with one attached hydrogen (secondary N) is 1. The molecule has 3 heteroatoms. The van der Waals surface area contributed by atoms with Gasteiger partial charge in [0.05, 0.1) is 11.6 Å². The molecule has 2 bridgehead atoms. The van der Waals surface area contributed by atoms with Crippen molar-refractivity contribution in [2.75, 3.05) is 5.32 Å². The molecule has 0 spiro atoms. The normalized spacial score (nSPS) is 28.1. The summed E-state index contributed by atoms with van der Waals surface area (Å²) in [5.74, 6) is 1.19. The third-order valence-corrected chi connectivity index (χ3v) is 3.87. The lowest BCUT2D eigenvalue weighted by atomic mass is 9.93. The number of hydrogen-bond donors (Lipinski definition) is 1. The molecule has 18 heavy (non-hydrogen) atoms. The van der Waals surface area contributed by atoms with Crippen LogP contribution < -0.4 is 5.32 Å². The number of allylic oxidation sites excluding steroid dienone is 2. The molecule has 1 N–H and O–H groups in total. The number of nitrogens with zero attached hydrogens (tertiary/aromatic N) is 1. The first-order chi connectivity index (χ1) is 8.76. The topological polar surface area (TPSA) is 52.9 Å². The summed E-state index contributed by atoms with van der Waals surface area (Å²) < 4.78 is 0. The quantitative estimate of drug-likeness (QED) is 0.805. The van der Waals surface area contributed by atoms with Crippen LogP contribution in [0.15, 0.2) is 36.4 Å². The van der Waals surface area contributed by atoms with E-state index in [1.54, 1.807) is 18.2 Å². The lowest BCUT2D eigenvalue weighted by Crippen LogP contribution is -2.25. The van der Waals surface area contributed by atoms with Gasteiger partial charge >= 0.3 is 0 Å². The Hall–Kier alpha value is -2.08. The summed E-state index contributed by atoms with van der Waals surface area (Å²) in [4.78, 5) is 12.2. The van der Waals surface area contributed by atoms with E-state index in [0.717, 1.165) is 12.8 Å². The van der Waals surface area contributed by atoms with E-state index in [1.165, 1.54) is 0 Å². The molecule has 2 aliphatic rings. The molecule has 3 atom stereocenters. The SMILES string of the molecule is N#Cc1cccc(NC(=O)[C@@H]2C[C@H]3C=C[C@H]2C3)c1. The first-order valence-electron chi connectivity index (χ1n) is 6.25. The van der Waals surface area contributed by atoms with Gasteiger partial charge in [-0.15, -0.1) is 0 Å². The molecular weight excluding hydrogens is 224 g/mol. The monoisotopic (exact) mass is 238 g/mol. The van der Waals surface area contributed by atoms with Crippen molar-refractivity contribution in [3.63, 3.8) is 0 Å². The second-order valence-corrected chi connectivity index (χ2v) is 5.07. The standard InChI is InChI=1S/C15H14N2O/c16-9-11-2-1-3-13(7-11)17-15(18)14-8-10-4-5-12(14)6-10/h1-5,7,10,12,14H,6,8H2,(H,17,18)/t10-,12-,14+/m0/s1. The largest absolute Gasteiger partial charge is 0.326 e. The highest BCUT2D eigenvalue weighted by atomic mass is 16.1. The summed E-state index contributed by atoms with van der Waals surface area (Å²) in [6, 6.07) is 9.12. The van der Waals surface area contributed by atoms with Crippen LogP contribution in [0.2, 0.25) is 0 Å². The number of hydrogen-bond acceptors (Lipinski definition) is 2. The molecule has 3 rings (SSSR count). The molecule has 1 aromatic rings. The lowest BCUT2D eigenvalue weighted by molar-refractivity contribution is -0.120. The fourth-order valence-electron chi connectivity index (χ4n) is 2.98. The predicted molar refractivity (Wildman–Crippen MR) is 68.6 cm³/mol. The summed E-state index contributed by atoms with van der Waals surface area (Å²) in [5, 5.41) is 11.7. The van der Waals surface area contributed by atoms with Crippen LogP contribution in [0.3, 0.4) is 0 Å². The summed E-state index contributed by atoms with van der Waals surface area (Å²) in [6.07, 6.45) is 6.48. The van der Waals surface area contributed by atoms with Crippen molar-refractivity contribution in [2.45, 2.75) is 12.8 Å². The number of benzene rings is 1. The van der Waals surface area contributed by atoms with Crippen molar-refractivity contribution in [1.82, 2.24) is 0 Å². The Kier molecular flexibility index (Phi) is 2.64. The van der Waals surface area contributed by atoms with E-state index < -0.39 is 0 Å². The molecule has 1 saturated carbocycles. The maximum absolute atomic E-state index is 12.2. The summed E-state index contributed by atoms with van der Waals surface area (Å²) >= 11 is 0. The van der Waals surface area contributed by atoms with Gasteiger partial charge in [0.1, 0.15) is 0 Å². The second kappa shape index (κ2) is 4.30. The summed E-state index contributed by atoms with van der Waals surface area (Å²) in [5.41, 5.74) is 1.28. The maximum atomic E-state index is 12.2. The molecule has 0 radical (unpaired) electrons. The fraction of sp³-hybridized carbons (Fsp3) is 0.333. The van der Waals surface area contributed by atoms with Crippen molar-refractivity contribution < 1.29 is 4.79 Å². The highest BCUT2D eigenvalue weighted by molar-refractivity contribution is 5.93. The minimum absolute atomic E-state index is 0.0851. The number of fused-ring (bicyclic) bond motifs is 2.